The van der Waals surface area contributed by atoms with Crippen molar-refractivity contribution in [3.63, 3.8) is 0 Å². The second kappa shape index (κ2) is 18.2. The van der Waals surface area contributed by atoms with Crippen molar-refractivity contribution in [3.8, 4) is 0 Å². The molecule has 214 valence electrons. The third kappa shape index (κ3) is 14.0. The molecule has 0 aliphatic rings. The van der Waals surface area contributed by atoms with Gasteiger partial charge in [-0.2, -0.15) is 0 Å². The van der Waals surface area contributed by atoms with Crippen LogP contribution in [0, 0.1) is 5.41 Å². The van der Waals surface area contributed by atoms with E-state index in [1.54, 1.807) is 0 Å². The van der Waals surface area contributed by atoms with Crippen LogP contribution in [0.3, 0.4) is 0 Å². The van der Waals surface area contributed by atoms with Crippen molar-refractivity contribution in [1.29, 1.82) is 0 Å². The molecule has 3 N–H and O–H groups in total. The molecule has 6 nitrogen and oxygen atoms in total. The summed E-state index contributed by atoms with van der Waals surface area (Å²) in [6.45, 7) is 7.18. The van der Waals surface area contributed by atoms with Gasteiger partial charge >= 0.3 is 0 Å². The predicted octanol–water partition coefficient (Wildman–Crippen LogP) is 6.46. The summed E-state index contributed by atoms with van der Waals surface area (Å²) >= 11 is 0. The van der Waals surface area contributed by atoms with Gasteiger partial charge in [-0.15, -0.1) is 0 Å². The molecule has 2 aromatic rings. The summed E-state index contributed by atoms with van der Waals surface area (Å²) in [6.07, 6.45) is 10.4. The van der Waals surface area contributed by atoms with Crippen molar-refractivity contribution in [1.82, 2.24) is 16.0 Å². The first-order valence-electron chi connectivity index (χ1n) is 14.7. The van der Waals surface area contributed by atoms with Crippen LogP contribution in [-0.2, 0) is 14.4 Å². The first-order valence-corrected chi connectivity index (χ1v) is 14.7. The highest BCUT2D eigenvalue weighted by atomic mass is 16.2. The molecule has 2 aromatic carbocycles. The first-order chi connectivity index (χ1) is 18.8. The minimum absolute atomic E-state index is 0.0766. The van der Waals surface area contributed by atoms with Crippen LogP contribution in [0.2, 0.25) is 0 Å². The summed E-state index contributed by atoms with van der Waals surface area (Å²) in [5.41, 5.74) is 1.60. The minimum Gasteiger partial charge on any atom is -0.356 e. The number of hydrogen-bond donors (Lipinski definition) is 3. The largest absolute Gasteiger partial charge is 0.356 e. The molecule has 39 heavy (non-hydrogen) atoms. The van der Waals surface area contributed by atoms with Crippen molar-refractivity contribution >= 4 is 17.7 Å². The minimum atomic E-state index is -0.434. The average Bonchev–Trinajstić information content (AvgIpc) is 2.93. The maximum absolute atomic E-state index is 13.0. The van der Waals surface area contributed by atoms with E-state index in [9.17, 15) is 14.4 Å². The molecule has 2 rings (SSSR count). The van der Waals surface area contributed by atoms with Crippen LogP contribution < -0.4 is 16.0 Å². The highest BCUT2D eigenvalue weighted by Gasteiger charge is 2.25. The molecule has 0 aliphatic carbocycles. The summed E-state index contributed by atoms with van der Waals surface area (Å²) in [5.74, 6) is -0.330. The summed E-state index contributed by atoms with van der Waals surface area (Å²) < 4.78 is 0. The molecule has 0 radical (unpaired) electrons. The molecule has 3 amide bonds. The van der Waals surface area contributed by atoms with Gasteiger partial charge in [0.15, 0.2) is 0 Å². The number of hydrogen-bond acceptors (Lipinski definition) is 3. The third-order valence-electron chi connectivity index (χ3n) is 6.91. The molecule has 0 bridgehead atoms. The van der Waals surface area contributed by atoms with Gasteiger partial charge in [-0.25, -0.2) is 0 Å². The van der Waals surface area contributed by atoms with Gasteiger partial charge in [0.25, 0.3) is 0 Å². The number of amides is 3. The maximum atomic E-state index is 13.0. The fourth-order valence-electron chi connectivity index (χ4n) is 4.59. The van der Waals surface area contributed by atoms with Crippen molar-refractivity contribution < 1.29 is 14.4 Å². The van der Waals surface area contributed by atoms with Gasteiger partial charge in [0.2, 0.25) is 17.7 Å². The van der Waals surface area contributed by atoms with Crippen LogP contribution >= 0.6 is 0 Å². The summed E-state index contributed by atoms with van der Waals surface area (Å²) in [5, 5.41) is 9.00. The van der Waals surface area contributed by atoms with Crippen molar-refractivity contribution in [2.45, 2.75) is 97.4 Å². The molecule has 0 heterocycles. The van der Waals surface area contributed by atoms with Crippen molar-refractivity contribution in [2.24, 2.45) is 5.41 Å². The van der Waals surface area contributed by atoms with Crippen LogP contribution in [0.4, 0.5) is 0 Å². The SMILES string of the molecule is CCCCCCCCCCNC(=O)CCC(=O)NCC(C)(C)CC(=O)NC(c1ccccc1)c1ccccc1. The number of carbonyl (C=O) groups excluding carboxylic acids is 3. The van der Waals surface area contributed by atoms with Crippen LogP contribution in [0.25, 0.3) is 0 Å². The van der Waals surface area contributed by atoms with Crippen LogP contribution in [0.15, 0.2) is 60.7 Å². The van der Waals surface area contributed by atoms with E-state index in [4.69, 9.17) is 0 Å². The maximum Gasteiger partial charge on any atom is 0.221 e. The molecule has 0 saturated heterocycles. The monoisotopic (exact) mass is 535 g/mol. The van der Waals surface area contributed by atoms with Gasteiger partial charge in [0.05, 0.1) is 6.04 Å². The standard InChI is InChI=1S/C33H49N3O3/c1-4-5-6-7-8-9-10-17-24-34-29(37)22-23-30(38)35-26-33(2,3)25-31(39)36-32(27-18-13-11-14-19-27)28-20-15-12-16-21-28/h11-16,18-21,32H,4-10,17,22-26H2,1-3H3,(H,34,37)(H,35,38)(H,36,39). The third-order valence-corrected chi connectivity index (χ3v) is 6.91. The molecule has 0 unspecified atom stereocenters. The molecule has 0 spiro atoms. The summed E-state index contributed by atoms with van der Waals surface area (Å²) in [6, 6.07) is 19.6. The average molecular weight is 536 g/mol. The highest BCUT2D eigenvalue weighted by Crippen LogP contribution is 2.24. The van der Waals surface area contributed by atoms with E-state index >= 15 is 0 Å². The number of unbranched alkanes of at least 4 members (excludes halogenated alkanes) is 7. The molecular formula is C33H49N3O3. The summed E-state index contributed by atoms with van der Waals surface area (Å²) in [4.78, 5) is 37.5. The Hall–Kier alpha value is -3.15. The predicted molar refractivity (Wildman–Crippen MR) is 159 cm³/mol. The molecule has 0 aromatic heterocycles. The molecule has 0 fully saturated rings. The highest BCUT2D eigenvalue weighted by molar-refractivity contribution is 5.83. The smallest absolute Gasteiger partial charge is 0.221 e. The number of rotatable bonds is 19. The van der Waals surface area contributed by atoms with Gasteiger partial charge in [-0.3, -0.25) is 14.4 Å². The Morgan fingerprint density at radius 1 is 0.667 bits per heavy atom. The lowest BCUT2D eigenvalue weighted by molar-refractivity contribution is -0.127. The lowest BCUT2D eigenvalue weighted by atomic mass is 9.88. The van der Waals surface area contributed by atoms with E-state index in [2.05, 4.69) is 22.9 Å². The zero-order chi connectivity index (χ0) is 28.3. The normalized spacial score (nSPS) is 11.3. The van der Waals surface area contributed by atoms with Gasteiger partial charge in [0.1, 0.15) is 0 Å². The number of nitrogens with one attached hydrogen (secondary N) is 3. The van der Waals surface area contributed by atoms with Crippen LogP contribution in [-0.4, -0.2) is 30.8 Å². The quantitative estimate of drug-likeness (QED) is 0.180. The van der Waals surface area contributed by atoms with E-state index in [1.165, 1.54) is 38.5 Å². The molecule has 0 saturated carbocycles. The Kier molecular flexibility index (Phi) is 15.0. The van der Waals surface area contributed by atoms with Gasteiger partial charge in [-0.1, -0.05) is 126 Å². The number of carbonyl (C=O) groups is 3. The van der Waals surface area contributed by atoms with Crippen LogP contribution in [0.5, 0.6) is 0 Å². The van der Waals surface area contributed by atoms with Gasteiger partial charge in [0, 0.05) is 32.4 Å². The lowest BCUT2D eigenvalue weighted by Gasteiger charge is -2.26. The van der Waals surface area contributed by atoms with E-state index < -0.39 is 5.41 Å². The fraction of sp³-hybridized carbons (Fsp3) is 0.545. The van der Waals surface area contributed by atoms with E-state index in [0.717, 1.165) is 24.0 Å². The Bertz CT molecular complexity index is 937. The Morgan fingerprint density at radius 3 is 1.69 bits per heavy atom. The summed E-state index contributed by atoms with van der Waals surface area (Å²) in [7, 11) is 0. The zero-order valence-corrected chi connectivity index (χ0v) is 24.3. The van der Waals surface area contributed by atoms with E-state index in [1.807, 2.05) is 74.5 Å². The van der Waals surface area contributed by atoms with E-state index in [-0.39, 0.29) is 43.0 Å². The fourth-order valence-corrected chi connectivity index (χ4v) is 4.59. The second-order valence-electron chi connectivity index (χ2n) is 11.3. The first kappa shape index (κ1) is 32.1. The van der Waals surface area contributed by atoms with E-state index in [0.29, 0.717) is 13.1 Å². The van der Waals surface area contributed by atoms with Crippen molar-refractivity contribution in [2.75, 3.05) is 13.1 Å². The molecular weight excluding hydrogens is 486 g/mol. The Morgan fingerprint density at radius 2 is 1.15 bits per heavy atom. The zero-order valence-electron chi connectivity index (χ0n) is 24.3. The van der Waals surface area contributed by atoms with Crippen LogP contribution in [0.1, 0.15) is 109 Å². The number of benzene rings is 2. The molecule has 0 aliphatic heterocycles. The topological polar surface area (TPSA) is 87.3 Å². The Labute approximate surface area is 235 Å². The van der Waals surface area contributed by atoms with Gasteiger partial charge < -0.3 is 16.0 Å². The van der Waals surface area contributed by atoms with Gasteiger partial charge in [-0.05, 0) is 23.0 Å². The Balaban J connectivity index is 1.67. The molecule has 0 atom stereocenters. The second-order valence-corrected chi connectivity index (χ2v) is 11.3. The molecule has 6 heteroatoms. The van der Waals surface area contributed by atoms with Crippen molar-refractivity contribution in [3.05, 3.63) is 71.8 Å². The lowest BCUT2D eigenvalue weighted by Crippen LogP contribution is -2.39.